The molecule has 4 heteroatoms. The fourth-order valence-electron chi connectivity index (χ4n) is 2.79. The summed E-state index contributed by atoms with van der Waals surface area (Å²) in [6.45, 7) is 1.89. The molecule has 3 unspecified atom stereocenters. The minimum absolute atomic E-state index is 0.134. The fourth-order valence-corrected chi connectivity index (χ4v) is 2.79. The quantitative estimate of drug-likeness (QED) is 0.881. The summed E-state index contributed by atoms with van der Waals surface area (Å²) in [6.07, 6.45) is -0.877. The lowest BCUT2D eigenvalue weighted by molar-refractivity contribution is -0.177. The highest BCUT2D eigenvalue weighted by Crippen LogP contribution is 2.40. The lowest BCUT2D eigenvalue weighted by atomic mass is 9.85. The predicted octanol–water partition coefficient (Wildman–Crippen LogP) is 2.83. The molecule has 0 bridgehead atoms. The SMILES string of the molecule is CC(c1ccccc1)N1C(=O)C(c2ccc(F)cc2)C1O. The number of nitrogens with zero attached hydrogens (tertiary/aromatic N) is 1. The number of halogens is 1. The Bertz CT molecular complexity index is 642. The number of likely N-dealkylation sites (tertiary alicyclic amines) is 1. The van der Waals surface area contributed by atoms with Crippen molar-refractivity contribution in [2.24, 2.45) is 0 Å². The molecule has 0 saturated carbocycles. The average Bonchev–Trinajstić information content (AvgIpc) is 2.50. The van der Waals surface area contributed by atoms with Crippen LogP contribution >= 0.6 is 0 Å². The molecule has 3 atom stereocenters. The minimum Gasteiger partial charge on any atom is -0.372 e. The molecule has 0 spiro atoms. The van der Waals surface area contributed by atoms with Crippen molar-refractivity contribution in [2.75, 3.05) is 0 Å². The molecule has 1 fully saturated rings. The van der Waals surface area contributed by atoms with E-state index in [-0.39, 0.29) is 17.8 Å². The normalized spacial score (nSPS) is 22.8. The first-order valence-corrected chi connectivity index (χ1v) is 6.90. The van der Waals surface area contributed by atoms with Crippen LogP contribution in [-0.2, 0) is 4.79 Å². The average molecular weight is 285 g/mol. The summed E-state index contributed by atoms with van der Waals surface area (Å²) in [7, 11) is 0. The molecule has 1 N–H and O–H groups in total. The number of benzene rings is 2. The third kappa shape index (κ3) is 2.32. The molecule has 2 aromatic rings. The van der Waals surface area contributed by atoms with Crippen molar-refractivity contribution in [1.29, 1.82) is 0 Å². The van der Waals surface area contributed by atoms with Crippen molar-refractivity contribution >= 4 is 5.91 Å². The Balaban J connectivity index is 1.80. The summed E-state index contributed by atoms with van der Waals surface area (Å²) in [5, 5.41) is 10.3. The third-order valence-electron chi connectivity index (χ3n) is 4.03. The first kappa shape index (κ1) is 13.8. The van der Waals surface area contributed by atoms with Crippen LogP contribution in [0, 0.1) is 5.82 Å². The van der Waals surface area contributed by atoms with Crippen LogP contribution in [0.15, 0.2) is 54.6 Å². The number of aliphatic hydroxyl groups is 1. The van der Waals surface area contributed by atoms with Crippen LogP contribution < -0.4 is 0 Å². The monoisotopic (exact) mass is 285 g/mol. The van der Waals surface area contributed by atoms with Crippen LogP contribution in [-0.4, -0.2) is 22.1 Å². The standard InChI is InChI=1S/C17H16FNO2/c1-11(12-5-3-2-4-6-12)19-16(20)15(17(19)21)13-7-9-14(18)10-8-13/h2-11,15-16,20H,1H3. The molecular formula is C17H16FNO2. The largest absolute Gasteiger partial charge is 0.372 e. The highest BCUT2D eigenvalue weighted by atomic mass is 19.1. The zero-order valence-corrected chi connectivity index (χ0v) is 11.6. The Morgan fingerprint density at radius 3 is 2.29 bits per heavy atom. The Hall–Kier alpha value is -2.20. The summed E-state index contributed by atoms with van der Waals surface area (Å²) in [6, 6.07) is 15.1. The Kier molecular flexibility index (Phi) is 3.47. The molecule has 21 heavy (non-hydrogen) atoms. The molecule has 3 rings (SSSR count). The number of hydrogen-bond acceptors (Lipinski definition) is 2. The van der Waals surface area contributed by atoms with Gasteiger partial charge in [0.05, 0.1) is 6.04 Å². The van der Waals surface area contributed by atoms with Crippen LogP contribution in [0.25, 0.3) is 0 Å². The van der Waals surface area contributed by atoms with Crippen molar-refractivity contribution in [1.82, 2.24) is 4.90 Å². The molecule has 3 nitrogen and oxygen atoms in total. The van der Waals surface area contributed by atoms with Gasteiger partial charge in [0.25, 0.3) is 0 Å². The van der Waals surface area contributed by atoms with Gasteiger partial charge in [0.1, 0.15) is 18.0 Å². The molecule has 108 valence electrons. The van der Waals surface area contributed by atoms with Gasteiger partial charge in [-0.15, -0.1) is 0 Å². The van der Waals surface area contributed by atoms with E-state index in [1.54, 1.807) is 12.1 Å². The first-order valence-electron chi connectivity index (χ1n) is 6.90. The highest BCUT2D eigenvalue weighted by Gasteiger charge is 2.49. The van der Waals surface area contributed by atoms with Gasteiger partial charge in [-0.3, -0.25) is 4.79 Å². The Labute approximate surface area is 122 Å². The lowest BCUT2D eigenvalue weighted by Crippen LogP contribution is -2.59. The maximum absolute atomic E-state index is 12.9. The van der Waals surface area contributed by atoms with Gasteiger partial charge in [-0.25, -0.2) is 4.39 Å². The topological polar surface area (TPSA) is 40.5 Å². The van der Waals surface area contributed by atoms with Crippen LogP contribution in [0.2, 0.25) is 0 Å². The van der Waals surface area contributed by atoms with E-state index < -0.39 is 12.1 Å². The number of β-lactam (4-membered cyclic amide) rings is 1. The Morgan fingerprint density at radius 2 is 1.71 bits per heavy atom. The molecule has 1 aliphatic rings. The summed E-state index contributed by atoms with van der Waals surface area (Å²) < 4.78 is 12.9. The smallest absolute Gasteiger partial charge is 0.237 e. The number of carbonyl (C=O) groups excluding carboxylic acids is 1. The number of carbonyl (C=O) groups is 1. The maximum atomic E-state index is 12.9. The zero-order chi connectivity index (χ0) is 15.0. The van der Waals surface area contributed by atoms with Crippen molar-refractivity contribution in [3.05, 3.63) is 71.5 Å². The minimum atomic E-state index is -0.877. The third-order valence-corrected chi connectivity index (χ3v) is 4.03. The van der Waals surface area contributed by atoms with E-state index >= 15 is 0 Å². The molecule has 0 aliphatic carbocycles. The van der Waals surface area contributed by atoms with Gasteiger partial charge in [-0.05, 0) is 30.2 Å². The van der Waals surface area contributed by atoms with Crippen LogP contribution in [0.3, 0.4) is 0 Å². The lowest BCUT2D eigenvalue weighted by Gasteiger charge is -2.47. The second-order valence-electron chi connectivity index (χ2n) is 5.27. The van der Waals surface area contributed by atoms with E-state index in [9.17, 15) is 14.3 Å². The van der Waals surface area contributed by atoms with E-state index in [4.69, 9.17) is 0 Å². The second-order valence-corrected chi connectivity index (χ2v) is 5.27. The second kappa shape index (κ2) is 5.30. The van der Waals surface area contributed by atoms with Gasteiger partial charge in [-0.1, -0.05) is 42.5 Å². The van der Waals surface area contributed by atoms with Crippen LogP contribution in [0.5, 0.6) is 0 Å². The van der Waals surface area contributed by atoms with Crippen LogP contribution in [0.4, 0.5) is 4.39 Å². The molecule has 1 aliphatic heterocycles. The zero-order valence-electron chi connectivity index (χ0n) is 11.6. The number of rotatable bonds is 3. The van der Waals surface area contributed by atoms with Gasteiger partial charge >= 0.3 is 0 Å². The van der Waals surface area contributed by atoms with Crippen molar-refractivity contribution < 1.29 is 14.3 Å². The van der Waals surface area contributed by atoms with E-state index in [2.05, 4.69) is 0 Å². The van der Waals surface area contributed by atoms with E-state index in [1.165, 1.54) is 17.0 Å². The molecule has 0 aromatic heterocycles. The fraction of sp³-hybridized carbons (Fsp3) is 0.235. The van der Waals surface area contributed by atoms with Gasteiger partial charge in [-0.2, -0.15) is 0 Å². The van der Waals surface area contributed by atoms with E-state index in [1.807, 2.05) is 37.3 Å². The summed E-state index contributed by atoms with van der Waals surface area (Å²) in [4.78, 5) is 13.8. The molecular weight excluding hydrogens is 269 g/mol. The van der Waals surface area contributed by atoms with Gasteiger partial charge in [0.2, 0.25) is 5.91 Å². The van der Waals surface area contributed by atoms with Gasteiger partial charge in [0, 0.05) is 0 Å². The van der Waals surface area contributed by atoms with Crippen molar-refractivity contribution in [3.63, 3.8) is 0 Å². The maximum Gasteiger partial charge on any atom is 0.237 e. The molecule has 1 amide bonds. The van der Waals surface area contributed by atoms with E-state index in [0.29, 0.717) is 5.56 Å². The van der Waals surface area contributed by atoms with Gasteiger partial charge in [0.15, 0.2) is 0 Å². The highest BCUT2D eigenvalue weighted by molar-refractivity contribution is 5.90. The summed E-state index contributed by atoms with van der Waals surface area (Å²) in [5.74, 6) is -1.09. The van der Waals surface area contributed by atoms with Crippen molar-refractivity contribution in [2.45, 2.75) is 25.1 Å². The molecule has 2 aromatic carbocycles. The molecule has 0 radical (unpaired) electrons. The number of amides is 1. The number of aliphatic hydroxyl groups excluding tert-OH is 1. The molecule has 1 saturated heterocycles. The Morgan fingerprint density at radius 1 is 1.10 bits per heavy atom. The molecule has 1 heterocycles. The van der Waals surface area contributed by atoms with Crippen molar-refractivity contribution in [3.8, 4) is 0 Å². The predicted molar refractivity (Wildman–Crippen MR) is 76.9 cm³/mol. The van der Waals surface area contributed by atoms with Crippen LogP contribution in [0.1, 0.15) is 30.0 Å². The summed E-state index contributed by atoms with van der Waals surface area (Å²) in [5.41, 5.74) is 1.62. The summed E-state index contributed by atoms with van der Waals surface area (Å²) >= 11 is 0. The van der Waals surface area contributed by atoms with Gasteiger partial charge < -0.3 is 10.0 Å². The number of hydrogen-bond donors (Lipinski definition) is 1. The first-order chi connectivity index (χ1) is 10.1. The van der Waals surface area contributed by atoms with E-state index in [0.717, 1.165) is 5.56 Å².